The summed E-state index contributed by atoms with van der Waals surface area (Å²) in [4.78, 5) is 0. The van der Waals surface area contributed by atoms with Gasteiger partial charge < -0.3 is 0 Å². The number of hydrogen-bond acceptors (Lipinski definition) is 1. The van der Waals surface area contributed by atoms with E-state index >= 15 is 0 Å². The Morgan fingerprint density at radius 3 is 3.09 bits per heavy atom. The van der Waals surface area contributed by atoms with Crippen LogP contribution in [-0.2, 0) is 0 Å². The van der Waals surface area contributed by atoms with E-state index in [1.54, 1.807) is 0 Å². The van der Waals surface area contributed by atoms with Crippen molar-refractivity contribution in [3.63, 3.8) is 0 Å². The maximum atomic E-state index is 8.28. The lowest BCUT2D eigenvalue weighted by Crippen LogP contribution is -1.87. The quantitative estimate of drug-likeness (QED) is 0.589. The fourth-order valence-corrected chi connectivity index (χ4v) is 1.28. The fourth-order valence-electron chi connectivity index (χ4n) is 1.28. The normalized spacial score (nSPS) is 17.9. The maximum absolute atomic E-state index is 8.28. The second-order valence-corrected chi connectivity index (χ2v) is 2.79. The molecule has 0 saturated heterocycles. The van der Waals surface area contributed by atoms with Crippen LogP contribution < -0.4 is 0 Å². The summed E-state index contributed by atoms with van der Waals surface area (Å²) in [6, 6.07) is 2.09. The molecule has 1 heteroatoms. The van der Waals surface area contributed by atoms with Crippen LogP contribution in [0.4, 0.5) is 0 Å². The van der Waals surface area contributed by atoms with Crippen molar-refractivity contribution in [1.82, 2.24) is 0 Å². The molecule has 0 saturated carbocycles. The summed E-state index contributed by atoms with van der Waals surface area (Å²) < 4.78 is 0. The maximum Gasteiger partial charge on any atom is 0.0663 e. The number of allylic oxidation sites excluding steroid dienone is 4. The average Bonchev–Trinajstić information content (AvgIpc) is 2.07. The third-order valence-electron chi connectivity index (χ3n) is 1.87. The summed E-state index contributed by atoms with van der Waals surface area (Å²) >= 11 is 0. The van der Waals surface area contributed by atoms with Crippen LogP contribution in [0.25, 0.3) is 0 Å². The summed E-state index contributed by atoms with van der Waals surface area (Å²) in [6.45, 7) is 0. The van der Waals surface area contributed by atoms with Gasteiger partial charge in [-0.15, -0.1) is 0 Å². The van der Waals surface area contributed by atoms with Crippen LogP contribution in [0, 0.1) is 11.3 Å². The predicted molar refractivity (Wildman–Crippen MR) is 45.9 cm³/mol. The average molecular weight is 147 g/mol. The Hall–Kier alpha value is -1.03. The fraction of sp³-hybridized carbons (Fsp3) is 0.500. The molecule has 0 fully saturated rings. The molecule has 58 valence electrons. The molecule has 0 aromatic carbocycles. The number of nitrogens with zero attached hydrogens (tertiary/aromatic N) is 1. The molecule has 0 heterocycles. The van der Waals surface area contributed by atoms with Crippen LogP contribution in [0.3, 0.4) is 0 Å². The lowest BCUT2D eigenvalue weighted by molar-refractivity contribution is 0.712. The Kier molecular flexibility index (Phi) is 3.47. The highest BCUT2D eigenvalue weighted by Crippen LogP contribution is 2.17. The summed E-state index contributed by atoms with van der Waals surface area (Å²) in [5, 5.41) is 8.28. The van der Waals surface area contributed by atoms with E-state index in [0.29, 0.717) is 6.42 Å². The first-order valence-electron chi connectivity index (χ1n) is 4.16. The van der Waals surface area contributed by atoms with Crippen LogP contribution in [0.1, 0.15) is 32.1 Å². The van der Waals surface area contributed by atoms with E-state index < -0.39 is 0 Å². The smallest absolute Gasteiger partial charge is 0.0663 e. The summed E-state index contributed by atoms with van der Waals surface area (Å²) in [6.07, 6.45) is 11.9. The Bertz CT molecular complexity index is 205. The van der Waals surface area contributed by atoms with Gasteiger partial charge in [-0.3, -0.25) is 0 Å². The van der Waals surface area contributed by atoms with Crippen molar-refractivity contribution in [3.05, 3.63) is 23.8 Å². The zero-order valence-electron chi connectivity index (χ0n) is 6.71. The van der Waals surface area contributed by atoms with Gasteiger partial charge in [0.2, 0.25) is 0 Å². The molecule has 0 N–H and O–H groups in total. The molecule has 0 aromatic rings. The minimum absolute atomic E-state index is 0.539. The third-order valence-corrected chi connectivity index (χ3v) is 1.87. The Morgan fingerprint density at radius 2 is 2.45 bits per heavy atom. The third kappa shape index (κ3) is 3.04. The minimum Gasteiger partial charge on any atom is -0.198 e. The first kappa shape index (κ1) is 8.07. The van der Waals surface area contributed by atoms with Crippen LogP contribution in [0.2, 0.25) is 0 Å². The first-order valence-corrected chi connectivity index (χ1v) is 4.16. The van der Waals surface area contributed by atoms with Gasteiger partial charge in [0.05, 0.1) is 12.5 Å². The molecule has 0 aromatic heterocycles. The topological polar surface area (TPSA) is 23.8 Å². The van der Waals surface area contributed by atoms with Crippen molar-refractivity contribution in [2.24, 2.45) is 0 Å². The molecule has 1 aliphatic rings. The molecule has 0 radical (unpaired) electrons. The summed E-state index contributed by atoms with van der Waals surface area (Å²) in [5.74, 6) is 0. The Labute approximate surface area is 68.0 Å². The summed E-state index contributed by atoms with van der Waals surface area (Å²) in [5.41, 5.74) is 1.41. The van der Waals surface area contributed by atoms with Gasteiger partial charge in [-0.1, -0.05) is 23.8 Å². The van der Waals surface area contributed by atoms with Crippen LogP contribution in [-0.4, -0.2) is 0 Å². The lowest BCUT2D eigenvalue weighted by Gasteiger charge is -2.07. The second-order valence-electron chi connectivity index (χ2n) is 2.79. The molecule has 0 amide bonds. The monoisotopic (exact) mass is 147 g/mol. The molecular weight excluding hydrogens is 134 g/mol. The minimum atomic E-state index is 0.539. The van der Waals surface area contributed by atoms with Crippen LogP contribution >= 0.6 is 0 Å². The van der Waals surface area contributed by atoms with Gasteiger partial charge >= 0.3 is 0 Å². The number of nitriles is 1. The lowest BCUT2D eigenvalue weighted by atomic mass is 9.99. The Balaban J connectivity index is 2.36. The molecule has 0 unspecified atom stereocenters. The van der Waals surface area contributed by atoms with Gasteiger partial charge in [0.15, 0.2) is 0 Å². The van der Waals surface area contributed by atoms with E-state index in [9.17, 15) is 0 Å². The zero-order chi connectivity index (χ0) is 7.94. The Morgan fingerprint density at radius 1 is 1.55 bits per heavy atom. The summed E-state index contributed by atoms with van der Waals surface area (Å²) in [7, 11) is 0. The van der Waals surface area contributed by atoms with Gasteiger partial charge in [-0.25, -0.2) is 0 Å². The van der Waals surface area contributed by atoms with Gasteiger partial charge in [0.1, 0.15) is 0 Å². The van der Waals surface area contributed by atoms with E-state index in [0.717, 1.165) is 0 Å². The van der Waals surface area contributed by atoms with Gasteiger partial charge in [-0.05, 0) is 25.7 Å². The first-order chi connectivity index (χ1) is 5.43. The van der Waals surface area contributed by atoms with Crippen LogP contribution in [0.5, 0.6) is 0 Å². The molecule has 0 aliphatic heterocycles. The van der Waals surface area contributed by atoms with Gasteiger partial charge in [0, 0.05) is 0 Å². The van der Waals surface area contributed by atoms with Crippen molar-refractivity contribution in [2.45, 2.75) is 32.1 Å². The molecule has 1 aliphatic carbocycles. The second kappa shape index (κ2) is 4.73. The van der Waals surface area contributed by atoms with E-state index in [4.69, 9.17) is 5.26 Å². The molecule has 0 spiro atoms. The van der Waals surface area contributed by atoms with Gasteiger partial charge in [0.25, 0.3) is 0 Å². The van der Waals surface area contributed by atoms with Gasteiger partial charge in [-0.2, -0.15) is 5.26 Å². The van der Waals surface area contributed by atoms with Crippen molar-refractivity contribution in [2.75, 3.05) is 0 Å². The van der Waals surface area contributed by atoms with E-state index in [2.05, 4.69) is 18.2 Å². The predicted octanol–water partition coefficient (Wildman–Crippen LogP) is 2.96. The highest BCUT2D eigenvalue weighted by molar-refractivity contribution is 5.20. The number of hydrogen-bond donors (Lipinski definition) is 0. The van der Waals surface area contributed by atoms with E-state index in [1.807, 2.05) is 6.08 Å². The van der Waals surface area contributed by atoms with Crippen molar-refractivity contribution in [1.29, 1.82) is 5.26 Å². The molecule has 1 nitrogen and oxygen atoms in total. The molecule has 0 bridgehead atoms. The zero-order valence-corrected chi connectivity index (χ0v) is 6.71. The van der Waals surface area contributed by atoms with Crippen molar-refractivity contribution in [3.8, 4) is 6.07 Å². The molecule has 11 heavy (non-hydrogen) atoms. The van der Waals surface area contributed by atoms with Crippen LogP contribution in [0.15, 0.2) is 23.8 Å². The van der Waals surface area contributed by atoms with Crippen molar-refractivity contribution < 1.29 is 0 Å². The SMILES string of the molecule is N#CC/C=C/C1=CCCCC1. The standard InChI is InChI=1S/C10H13N/c11-9-5-4-8-10-6-2-1-3-7-10/h4,6,8H,1-3,5,7H2/b8-4+. The van der Waals surface area contributed by atoms with E-state index in [-0.39, 0.29) is 0 Å². The highest BCUT2D eigenvalue weighted by atomic mass is 14.2. The molecule has 0 atom stereocenters. The highest BCUT2D eigenvalue weighted by Gasteiger charge is 1.98. The van der Waals surface area contributed by atoms with Crippen molar-refractivity contribution >= 4 is 0 Å². The molecule has 1 rings (SSSR count). The van der Waals surface area contributed by atoms with E-state index in [1.165, 1.54) is 31.3 Å². The molecular formula is C10H13N. The largest absolute Gasteiger partial charge is 0.198 e. The number of rotatable bonds is 2.